The second kappa shape index (κ2) is 8.66. The molecule has 0 fully saturated rings. The Hall–Kier alpha value is -4.14. The van der Waals surface area contributed by atoms with Crippen LogP contribution >= 0.6 is 0 Å². The predicted octanol–water partition coefficient (Wildman–Crippen LogP) is 3.33. The van der Waals surface area contributed by atoms with E-state index in [0.29, 0.717) is 38.9 Å². The van der Waals surface area contributed by atoms with E-state index >= 15 is 0 Å². The van der Waals surface area contributed by atoms with Gasteiger partial charge in [0.1, 0.15) is 23.6 Å². The molecule has 176 valence electrons. The van der Waals surface area contributed by atoms with E-state index in [2.05, 4.69) is 4.98 Å². The Morgan fingerprint density at radius 1 is 1.06 bits per heavy atom. The number of H-pyrrole nitrogens is 1. The number of pyridine rings is 2. The number of amides is 1. The van der Waals surface area contributed by atoms with Crippen LogP contribution in [0.25, 0.3) is 22.0 Å². The summed E-state index contributed by atoms with van der Waals surface area (Å²) in [5.41, 5.74) is 1.77. The van der Waals surface area contributed by atoms with Crippen molar-refractivity contribution in [1.29, 1.82) is 0 Å². The molecule has 0 atom stereocenters. The van der Waals surface area contributed by atoms with Gasteiger partial charge in [0.05, 0.1) is 0 Å². The van der Waals surface area contributed by atoms with E-state index in [4.69, 9.17) is 4.74 Å². The van der Waals surface area contributed by atoms with E-state index in [1.165, 1.54) is 32.4 Å². The van der Waals surface area contributed by atoms with E-state index in [1.807, 2.05) is 0 Å². The fourth-order valence-corrected chi connectivity index (χ4v) is 3.92. The average Bonchev–Trinajstić information content (AvgIpc) is 3.26. The number of aromatic amines is 1. The molecule has 1 amide bonds. The Balaban J connectivity index is 1.98. The molecule has 3 heterocycles. The van der Waals surface area contributed by atoms with Gasteiger partial charge in [-0.3, -0.25) is 14.4 Å². The maximum atomic E-state index is 13.9. The topological polar surface area (TPSA) is 89.3 Å². The summed E-state index contributed by atoms with van der Waals surface area (Å²) in [7, 11) is 4.84. The van der Waals surface area contributed by atoms with E-state index < -0.39 is 11.4 Å². The minimum atomic E-state index is -0.520. The molecule has 1 N–H and O–H groups in total. The molecule has 0 bridgehead atoms. The molecule has 0 radical (unpaired) electrons. The lowest BCUT2D eigenvalue weighted by Crippen LogP contribution is -2.31. The van der Waals surface area contributed by atoms with Crippen molar-refractivity contribution in [3.63, 3.8) is 0 Å². The summed E-state index contributed by atoms with van der Waals surface area (Å²) in [6.45, 7) is 3.22. The van der Waals surface area contributed by atoms with Gasteiger partial charge in [-0.2, -0.15) is 0 Å². The fourth-order valence-electron chi connectivity index (χ4n) is 3.92. The number of benzene rings is 1. The number of nitrogens with zero attached hydrogens (tertiary/aromatic N) is 3. The maximum Gasteiger partial charge on any atom is 0.294 e. The zero-order chi connectivity index (χ0) is 24.7. The summed E-state index contributed by atoms with van der Waals surface area (Å²) in [4.78, 5) is 42.7. The van der Waals surface area contributed by atoms with Crippen molar-refractivity contribution in [1.82, 2.24) is 19.0 Å². The van der Waals surface area contributed by atoms with E-state index in [0.717, 1.165) is 0 Å². The van der Waals surface area contributed by atoms with Crippen LogP contribution in [0.3, 0.4) is 0 Å². The molecule has 34 heavy (non-hydrogen) atoms. The number of halogens is 1. The van der Waals surface area contributed by atoms with Crippen LogP contribution in [0.2, 0.25) is 0 Å². The SMILES string of the molecule is Cc1cc(F)cc(C)c1Oc1c(-c2cn(C)c(=O)c3[nH]ccc23)ccn(CC(=O)N(C)C)c1=O. The number of fused-ring (bicyclic) bond motifs is 1. The molecule has 9 heteroatoms. The highest BCUT2D eigenvalue weighted by Gasteiger charge is 2.21. The van der Waals surface area contributed by atoms with Crippen molar-refractivity contribution in [3.8, 4) is 22.6 Å². The quantitative estimate of drug-likeness (QED) is 0.491. The highest BCUT2D eigenvalue weighted by Crippen LogP contribution is 2.36. The Morgan fingerprint density at radius 3 is 2.38 bits per heavy atom. The fraction of sp³-hybridized carbons (Fsp3) is 0.240. The number of aromatic nitrogens is 3. The Morgan fingerprint density at radius 2 is 1.74 bits per heavy atom. The molecule has 4 rings (SSSR count). The normalized spacial score (nSPS) is 11.1. The van der Waals surface area contributed by atoms with Gasteiger partial charge in [-0.25, -0.2) is 4.39 Å². The molecule has 8 nitrogen and oxygen atoms in total. The van der Waals surface area contributed by atoms with Crippen LogP contribution < -0.4 is 15.9 Å². The van der Waals surface area contributed by atoms with Crippen molar-refractivity contribution in [2.75, 3.05) is 14.1 Å². The van der Waals surface area contributed by atoms with Crippen LogP contribution in [0.5, 0.6) is 11.5 Å². The number of carbonyl (C=O) groups excluding carboxylic acids is 1. The molecule has 0 aliphatic heterocycles. The highest BCUT2D eigenvalue weighted by atomic mass is 19.1. The standard InChI is InChI=1S/C25H25FN4O4/c1-14-10-16(26)11-15(2)22(14)34-23-18(7-9-30(25(23)33)13-20(31)28(3)4)19-12-29(5)24(32)21-17(19)6-8-27-21/h6-12,27H,13H2,1-5H3. The molecule has 0 saturated carbocycles. The van der Waals surface area contributed by atoms with E-state index in [1.54, 1.807) is 59.5 Å². The van der Waals surface area contributed by atoms with Crippen LogP contribution in [-0.4, -0.2) is 39.0 Å². The molecule has 0 aliphatic carbocycles. The highest BCUT2D eigenvalue weighted by molar-refractivity contribution is 5.95. The van der Waals surface area contributed by atoms with Crippen molar-refractivity contribution in [2.24, 2.45) is 7.05 Å². The number of carbonyl (C=O) groups is 1. The Kier molecular flexibility index (Phi) is 5.87. The lowest BCUT2D eigenvalue weighted by atomic mass is 10.0. The zero-order valence-electron chi connectivity index (χ0n) is 19.6. The predicted molar refractivity (Wildman–Crippen MR) is 128 cm³/mol. The first kappa shape index (κ1) is 23.0. The van der Waals surface area contributed by atoms with Gasteiger partial charge >= 0.3 is 0 Å². The van der Waals surface area contributed by atoms with Crippen LogP contribution in [0, 0.1) is 19.7 Å². The summed E-state index contributed by atoms with van der Waals surface area (Å²) >= 11 is 0. The maximum absolute atomic E-state index is 13.9. The second-order valence-corrected chi connectivity index (χ2v) is 8.48. The largest absolute Gasteiger partial charge is 0.450 e. The van der Waals surface area contributed by atoms with Crippen molar-refractivity contribution < 1.29 is 13.9 Å². The third kappa shape index (κ3) is 4.00. The van der Waals surface area contributed by atoms with E-state index in [-0.39, 0.29) is 23.8 Å². The first-order chi connectivity index (χ1) is 16.1. The average molecular weight is 464 g/mol. The number of hydrogen-bond donors (Lipinski definition) is 1. The number of nitrogens with one attached hydrogen (secondary N) is 1. The third-order valence-corrected chi connectivity index (χ3v) is 5.74. The first-order valence-electron chi connectivity index (χ1n) is 10.6. The third-order valence-electron chi connectivity index (χ3n) is 5.74. The lowest BCUT2D eigenvalue weighted by molar-refractivity contribution is -0.129. The summed E-state index contributed by atoms with van der Waals surface area (Å²) in [5.74, 6) is -0.332. The monoisotopic (exact) mass is 464 g/mol. The number of ether oxygens (including phenoxy) is 1. The molecule has 0 saturated heterocycles. The van der Waals surface area contributed by atoms with Gasteiger partial charge in [-0.15, -0.1) is 0 Å². The number of rotatable bonds is 5. The van der Waals surface area contributed by atoms with Gasteiger partial charge in [-0.1, -0.05) is 0 Å². The second-order valence-electron chi connectivity index (χ2n) is 8.48. The number of aryl methyl sites for hydroxylation is 3. The smallest absolute Gasteiger partial charge is 0.294 e. The minimum Gasteiger partial charge on any atom is -0.450 e. The minimum absolute atomic E-state index is 0.0204. The van der Waals surface area contributed by atoms with Crippen molar-refractivity contribution in [2.45, 2.75) is 20.4 Å². The van der Waals surface area contributed by atoms with Gasteiger partial charge < -0.3 is 23.8 Å². The van der Waals surface area contributed by atoms with Crippen LogP contribution in [0.1, 0.15) is 11.1 Å². The van der Waals surface area contributed by atoms with E-state index in [9.17, 15) is 18.8 Å². The molecule has 0 aliphatic rings. The van der Waals surface area contributed by atoms with Crippen molar-refractivity contribution in [3.05, 3.63) is 80.5 Å². The molecular weight excluding hydrogens is 439 g/mol. The molecule has 0 spiro atoms. The zero-order valence-corrected chi connectivity index (χ0v) is 19.6. The Labute approximate surface area is 194 Å². The van der Waals surface area contributed by atoms with Crippen LogP contribution in [0.4, 0.5) is 4.39 Å². The lowest BCUT2D eigenvalue weighted by Gasteiger charge is -2.18. The van der Waals surface area contributed by atoms with Gasteiger partial charge in [0.2, 0.25) is 11.7 Å². The molecule has 0 unspecified atom stereocenters. The van der Waals surface area contributed by atoms with Crippen molar-refractivity contribution >= 4 is 16.8 Å². The molecule has 4 aromatic rings. The summed E-state index contributed by atoms with van der Waals surface area (Å²) in [5, 5.41) is 0.627. The number of hydrogen-bond acceptors (Lipinski definition) is 4. The number of likely N-dealkylation sites (N-methyl/N-ethyl adjacent to an activating group) is 1. The van der Waals surface area contributed by atoms with Gasteiger partial charge in [0.15, 0.2) is 0 Å². The molecule has 1 aromatic carbocycles. The molecule has 3 aromatic heterocycles. The summed E-state index contributed by atoms with van der Waals surface area (Å²) in [6.07, 6.45) is 4.82. The summed E-state index contributed by atoms with van der Waals surface area (Å²) in [6, 6.07) is 6.09. The summed E-state index contributed by atoms with van der Waals surface area (Å²) < 4.78 is 22.7. The van der Waals surface area contributed by atoms with Gasteiger partial charge in [0.25, 0.3) is 11.1 Å². The Bertz CT molecular complexity index is 1520. The molecular formula is C25H25FN4O4. The van der Waals surface area contributed by atoms with Gasteiger partial charge in [0, 0.05) is 56.2 Å². The first-order valence-corrected chi connectivity index (χ1v) is 10.6. The van der Waals surface area contributed by atoms with Crippen LogP contribution in [-0.2, 0) is 18.4 Å². The van der Waals surface area contributed by atoms with Gasteiger partial charge in [-0.05, 0) is 49.2 Å². The van der Waals surface area contributed by atoms with Crippen LogP contribution in [0.15, 0.2) is 52.4 Å².